The van der Waals surface area contributed by atoms with Crippen LogP contribution in [0.1, 0.15) is 34.8 Å². The minimum atomic E-state index is 0.00672. The summed E-state index contributed by atoms with van der Waals surface area (Å²) in [5.74, 6) is 0.00672. The van der Waals surface area contributed by atoms with E-state index in [0.29, 0.717) is 11.1 Å². The van der Waals surface area contributed by atoms with Crippen molar-refractivity contribution in [3.63, 3.8) is 0 Å². The molecule has 0 N–H and O–H groups in total. The van der Waals surface area contributed by atoms with Crippen LogP contribution in [0.3, 0.4) is 0 Å². The SMILES string of the molecule is CCCn1cc(C(=O)c2ccncc2C)cn1. The summed E-state index contributed by atoms with van der Waals surface area (Å²) in [6.07, 6.45) is 7.76. The van der Waals surface area contributed by atoms with E-state index >= 15 is 0 Å². The van der Waals surface area contributed by atoms with Crippen LogP contribution in [0.25, 0.3) is 0 Å². The first-order valence-corrected chi connectivity index (χ1v) is 5.70. The van der Waals surface area contributed by atoms with Gasteiger partial charge in [-0.3, -0.25) is 14.5 Å². The van der Waals surface area contributed by atoms with Gasteiger partial charge in [-0.2, -0.15) is 5.10 Å². The largest absolute Gasteiger partial charge is 0.288 e. The smallest absolute Gasteiger partial charge is 0.196 e. The summed E-state index contributed by atoms with van der Waals surface area (Å²) in [6, 6.07) is 1.74. The van der Waals surface area contributed by atoms with Crippen LogP contribution in [0, 0.1) is 6.92 Å². The fourth-order valence-electron chi connectivity index (χ4n) is 1.72. The monoisotopic (exact) mass is 229 g/mol. The number of nitrogens with zero attached hydrogens (tertiary/aromatic N) is 3. The molecule has 4 nitrogen and oxygen atoms in total. The molecule has 0 fully saturated rings. The quantitative estimate of drug-likeness (QED) is 0.755. The molecule has 2 aromatic rings. The molecule has 0 bridgehead atoms. The molecule has 0 spiro atoms. The van der Waals surface area contributed by atoms with Gasteiger partial charge in [0.2, 0.25) is 0 Å². The van der Waals surface area contributed by atoms with Gasteiger partial charge in [0.25, 0.3) is 0 Å². The highest BCUT2D eigenvalue weighted by Crippen LogP contribution is 2.12. The van der Waals surface area contributed by atoms with Gasteiger partial charge < -0.3 is 0 Å². The van der Waals surface area contributed by atoms with E-state index in [-0.39, 0.29) is 5.78 Å². The zero-order valence-electron chi connectivity index (χ0n) is 10.1. The molecule has 0 aliphatic carbocycles. The Morgan fingerprint density at radius 2 is 2.24 bits per heavy atom. The number of pyridine rings is 1. The lowest BCUT2D eigenvalue weighted by Crippen LogP contribution is -2.03. The van der Waals surface area contributed by atoms with E-state index in [1.165, 1.54) is 0 Å². The molecule has 0 radical (unpaired) electrons. The number of carbonyl (C=O) groups is 1. The Kier molecular flexibility index (Phi) is 3.32. The molecule has 0 saturated carbocycles. The Hall–Kier alpha value is -1.97. The molecule has 0 aliphatic rings. The van der Waals surface area contributed by atoms with Crippen molar-refractivity contribution < 1.29 is 4.79 Å². The third kappa shape index (κ3) is 2.41. The zero-order chi connectivity index (χ0) is 12.3. The molecule has 0 amide bonds. The van der Waals surface area contributed by atoms with Gasteiger partial charge in [-0.15, -0.1) is 0 Å². The fraction of sp³-hybridized carbons (Fsp3) is 0.308. The van der Waals surface area contributed by atoms with Crippen LogP contribution in [0.5, 0.6) is 0 Å². The van der Waals surface area contributed by atoms with Gasteiger partial charge >= 0.3 is 0 Å². The van der Waals surface area contributed by atoms with Gasteiger partial charge in [0, 0.05) is 30.7 Å². The first-order valence-electron chi connectivity index (χ1n) is 5.70. The molecule has 0 unspecified atom stereocenters. The van der Waals surface area contributed by atoms with E-state index in [2.05, 4.69) is 17.0 Å². The fourth-order valence-corrected chi connectivity index (χ4v) is 1.72. The first kappa shape index (κ1) is 11.5. The molecule has 0 saturated heterocycles. The average molecular weight is 229 g/mol. The Balaban J connectivity index is 2.28. The van der Waals surface area contributed by atoms with Crippen LogP contribution in [0.4, 0.5) is 0 Å². The molecule has 2 aromatic heterocycles. The van der Waals surface area contributed by atoms with Crippen LogP contribution in [-0.4, -0.2) is 20.5 Å². The third-order valence-corrected chi connectivity index (χ3v) is 2.61. The van der Waals surface area contributed by atoms with Crippen LogP contribution >= 0.6 is 0 Å². The molecule has 0 aromatic carbocycles. The van der Waals surface area contributed by atoms with Gasteiger partial charge in [-0.1, -0.05) is 6.92 Å². The standard InChI is InChI=1S/C13H15N3O/c1-3-6-16-9-11(8-15-16)13(17)12-4-5-14-7-10(12)2/h4-5,7-9H,3,6H2,1-2H3. The molecule has 17 heavy (non-hydrogen) atoms. The highest BCUT2D eigenvalue weighted by atomic mass is 16.1. The average Bonchev–Trinajstić information content (AvgIpc) is 2.78. The predicted molar refractivity (Wildman–Crippen MR) is 64.9 cm³/mol. The van der Waals surface area contributed by atoms with Crippen LogP contribution in [-0.2, 0) is 6.54 Å². The van der Waals surface area contributed by atoms with Crippen molar-refractivity contribution >= 4 is 5.78 Å². The van der Waals surface area contributed by atoms with Crippen molar-refractivity contribution in [2.24, 2.45) is 0 Å². The predicted octanol–water partition coefficient (Wildman–Crippen LogP) is 2.23. The second-order valence-electron chi connectivity index (χ2n) is 4.01. The number of rotatable bonds is 4. The molecule has 2 rings (SSSR count). The number of hydrogen-bond acceptors (Lipinski definition) is 3. The summed E-state index contributed by atoms with van der Waals surface area (Å²) in [4.78, 5) is 16.2. The Morgan fingerprint density at radius 1 is 1.41 bits per heavy atom. The van der Waals surface area contributed by atoms with Crippen LogP contribution < -0.4 is 0 Å². The Labute approximate surface area is 100 Å². The summed E-state index contributed by atoms with van der Waals surface area (Å²) < 4.78 is 1.80. The number of hydrogen-bond donors (Lipinski definition) is 0. The van der Waals surface area contributed by atoms with Crippen molar-refractivity contribution in [2.45, 2.75) is 26.8 Å². The van der Waals surface area contributed by atoms with Crippen molar-refractivity contribution in [1.29, 1.82) is 0 Å². The summed E-state index contributed by atoms with van der Waals surface area (Å²) in [6.45, 7) is 4.80. The maximum Gasteiger partial charge on any atom is 0.196 e. The summed E-state index contributed by atoms with van der Waals surface area (Å²) >= 11 is 0. The summed E-state index contributed by atoms with van der Waals surface area (Å²) in [5, 5.41) is 4.16. The van der Waals surface area contributed by atoms with E-state index < -0.39 is 0 Å². The van der Waals surface area contributed by atoms with Gasteiger partial charge in [-0.05, 0) is 25.0 Å². The molecule has 0 aliphatic heterocycles. The van der Waals surface area contributed by atoms with Crippen LogP contribution in [0.15, 0.2) is 30.9 Å². The molecular formula is C13H15N3O. The van der Waals surface area contributed by atoms with Crippen molar-refractivity contribution in [3.8, 4) is 0 Å². The molecule has 0 atom stereocenters. The highest BCUT2D eigenvalue weighted by Gasteiger charge is 2.13. The molecular weight excluding hydrogens is 214 g/mol. The van der Waals surface area contributed by atoms with E-state index in [4.69, 9.17) is 0 Å². The minimum absolute atomic E-state index is 0.00672. The number of aryl methyl sites for hydroxylation is 2. The number of carbonyl (C=O) groups excluding carboxylic acids is 1. The summed E-state index contributed by atoms with van der Waals surface area (Å²) in [5.41, 5.74) is 2.21. The second kappa shape index (κ2) is 4.91. The lowest BCUT2D eigenvalue weighted by molar-refractivity contribution is 0.103. The van der Waals surface area contributed by atoms with E-state index in [1.807, 2.05) is 6.92 Å². The molecule has 88 valence electrons. The van der Waals surface area contributed by atoms with Gasteiger partial charge in [0.15, 0.2) is 5.78 Å². The second-order valence-corrected chi connectivity index (χ2v) is 4.01. The first-order chi connectivity index (χ1) is 8.22. The Bertz CT molecular complexity index is 531. The van der Waals surface area contributed by atoms with Crippen molar-refractivity contribution in [3.05, 3.63) is 47.5 Å². The summed E-state index contributed by atoms with van der Waals surface area (Å²) in [7, 11) is 0. The number of ketones is 1. The van der Waals surface area contributed by atoms with Crippen molar-refractivity contribution in [1.82, 2.24) is 14.8 Å². The maximum atomic E-state index is 12.2. The molecule has 4 heteroatoms. The highest BCUT2D eigenvalue weighted by molar-refractivity contribution is 6.09. The van der Waals surface area contributed by atoms with E-state index in [1.54, 1.807) is 35.5 Å². The third-order valence-electron chi connectivity index (χ3n) is 2.61. The van der Waals surface area contributed by atoms with Gasteiger partial charge in [-0.25, -0.2) is 0 Å². The Morgan fingerprint density at radius 3 is 2.94 bits per heavy atom. The molecule has 2 heterocycles. The lowest BCUT2D eigenvalue weighted by atomic mass is 10.0. The van der Waals surface area contributed by atoms with Crippen molar-refractivity contribution in [2.75, 3.05) is 0 Å². The normalized spacial score (nSPS) is 10.5. The van der Waals surface area contributed by atoms with Gasteiger partial charge in [0.05, 0.1) is 11.8 Å². The lowest BCUT2D eigenvalue weighted by Gasteiger charge is -2.01. The topological polar surface area (TPSA) is 47.8 Å². The van der Waals surface area contributed by atoms with Gasteiger partial charge in [0.1, 0.15) is 0 Å². The minimum Gasteiger partial charge on any atom is -0.288 e. The zero-order valence-corrected chi connectivity index (χ0v) is 10.1. The van der Waals surface area contributed by atoms with E-state index in [0.717, 1.165) is 18.5 Å². The van der Waals surface area contributed by atoms with E-state index in [9.17, 15) is 4.79 Å². The number of aromatic nitrogens is 3. The maximum absolute atomic E-state index is 12.2. The van der Waals surface area contributed by atoms with Crippen LogP contribution in [0.2, 0.25) is 0 Å².